The number of rotatable bonds is 6. The summed E-state index contributed by atoms with van der Waals surface area (Å²) in [7, 11) is 3.88. The van der Waals surface area contributed by atoms with Gasteiger partial charge in [0.2, 0.25) is 0 Å². The van der Waals surface area contributed by atoms with E-state index in [4.69, 9.17) is 46.4 Å². The summed E-state index contributed by atoms with van der Waals surface area (Å²) >= 11 is 23.3. The zero-order chi connectivity index (χ0) is 23.5. The smallest absolute Gasteiger partial charge is 0.297 e. The van der Waals surface area contributed by atoms with E-state index in [9.17, 15) is 9.59 Å². The summed E-state index contributed by atoms with van der Waals surface area (Å²) in [5.41, 5.74) is 5.11. The third-order valence-electron chi connectivity index (χ3n) is 4.52. The van der Waals surface area contributed by atoms with E-state index in [1.165, 1.54) is 0 Å². The van der Waals surface area contributed by atoms with E-state index in [0.29, 0.717) is 5.56 Å². The number of nitrogens with zero attached hydrogens (tertiary/aromatic N) is 3. The number of carbonyl (C=O) groups excluding carboxylic acids is 2. The molecule has 1 aliphatic rings. The van der Waals surface area contributed by atoms with Crippen LogP contribution in [0, 0.1) is 0 Å². The van der Waals surface area contributed by atoms with E-state index in [-0.39, 0.29) is 18.0 Å². The molecule has 1 atom stereocenters. The van der Waals surface area contributed by atoms with Gasteiger partial charge in [0.15, 0.2) is 9.63 Å². The van der Waals surface area contributed by atoms with Crippen LogP contribution >= 0.6 is 46.4 Å². The zero-order valence-corrected chi connectivity index (χ0v) is 20.3. The summed E-state index contributed by atoms with van der Waals surface area (Å²) in [6.45, 7) is 0. The van der Waals surface area contributed by atoms with Crippen LogP contribution in [0.4, 0.5) is 5.69 Å². The molecule has 1 heterocycles. The molecule has 2 aromatic carbocycles. The standard InChI is InChI=1S/C22H20Cl4N4O2/c1-29(2)16-10-8-14(9-11-16)12-18-21(32)30(19(27-18)15-6-4-3-5-7-15)28-20(31)17(23)13-22(24,25)26/h3-12,17H,13H2,1-2H3,(H,28,31)/b18-12+/t17-/m1/s1. The number of benzene rings is 2. The maximum atomic E-state index is 13.1. The van der Waals surface area contributed by atoms with Crippen molar-refractivity contribution in [3.05, 3.63) is 71.4 Å². The van der Waals surface area contributed by atoms with Gasteiger partial charge in [-0.15, -0.1) is 11.6 Å². The number of amidine groups is 1. The lowest BCUT2D eigenvalue weighted by Gasteiger charge is -2.22. The zero-order valence-electron chi connectivity index (χ0n) is 17.2. The lowest BCUT2D eigenvalue weighted by atomic mass is 10.1. The predicted molar refractivity (Wildman–Crippen MR) is 131 cm³/mol. The number of halogens is 4. The van der Waals surface area contributed by atoms with Crippen molar-refractivity contribution < 1.29 is 9.59 Å². The number of hydrogen-bond acceptors (Lipinski definition) is 4. The first kappa shape index (κ1) is 24.4. The van der Waals surface area contributed by atoms with Crippen LogP contribution in [0.1, 0.15) is 17.5 Å². The largest absolute Gasteiger partial charge is 0.378 e. The van der Waals surface area contributed by atoms with Crippen molar-refractivity contribution >= 4 is 75.8 Å². The SMILES string of the molecule is CN(C)c1ccc(/C=C2/N=C(c3ccccc3)N(NC(=O)[C@H](Cl)CC(Cl)(Cl)Cl)C2=O)cc1. The van der Waals surface area contributed by atoms with Gasteiger partial charge in [-0.05, 0) is 23.8 Å². The summed E-state index contributed by atoms with van der Waals surface area (Å²) in [4.78, 5) is 32.1. The van der Waals surface area contributed by atoms with E-state index in [1.54, 1.807) is 30.3 Å². The second-order valence-corrected chi connectivity index (χ2v) is 10.3. The number of hydrazine groups is 1. The van der Waals surface area contributed by atoms with Crippen LogP contribution in [0.2, 0.25) is 0 Å². The number of amides is 2. The molecule has 10 heteroatoms. The summed E-state index contributed by atoms with van der Waals surface area (Å²) in [6.07, 6.45) is 1.42. The lowest BCUT2D eigenvalue weighted by Crippen LogP contribution is -2.50. The number of aliphatic imine (C=N–C) groups is 1. The molecule has 0 fully saturated rings. The average molecular weight is 514 g/mol. The highest BCUT2D eigenvalue weighted by atomic mass is 35.6. The first-order valence-corrected chi connectivity index (χ1v) is 11.1. The van der Waals surface area contributed by atoms with Gasteiger partial charge in [-0.2, -0.15) is 5.01 Å². The molecule has 0 aromatic heterocycles. The average Bonchev–Trinajstić information content (AvgIpc) is 3.03. The molecule has 0 aliphatic carbocycles. The van der Waals surface area contributed by atoms with Gasteiger partial charge < -0.3 is 4.90 Å². The minimum absolute atomic E-state index is 0.161. The fraction of sp³-hybridized carbons (Fsp3) is 0.227. The third-order valence-corrected chi connectivity index (χ3v) is 5.34. The van der Waals surface area contributed by atoms with Crippen LogP contribution in [0.15, 0.2) is 65.3 Å². The summed E-state index contributed by atoms with van der Waals surface area (Å²) < 4.78 is -1.71. The molecule has 2 amide bonds. The van der Waals surface area contributed by atoms with Crippen molar-refractivity contribution in [2.24, 2.45) is 4.99 Å². The second-order valence-electron chi connectivity index (χ2n) is 7.22. The van der Waals surface area contributed by atoms with Gasteiger partial charge in [0.1, 0.15) is 11.1 Å². The van der Waals surface area contributed by atoms with Gasteiger partial charge in [-0.25, -0.2) is 4.99 Å². The van der Waals surface area contributed by atoms with Crippen LogP contribution in [-0.2, 0) is 9.59 Å². The topological polar surface area (TPSA) is 65.0 Å². The highest BCUT2D eigenvalue weighted by molar-refractivity contribution is 6.67. The maximum absolute atomic E-state index is 13.1. The molecule has 1 N–H and O–H groups in total. The Kier molecular flexibility index (Phi) is 7.72. The Morgan fingerprint density at radius 1 is 1.12 bits per heavy atom. The van der Waals surface area contributed by atoms with Crippen LogP contribution in [0.5, 0.6) is 0 Å². The van der Waals surface area contributed by atoms with Crippen molar-refractivity contribution in [3.8, 4) is 0 Å². The van der Waals surface area contributed by atoms with Gasteiger partial charge in [-0.3, -0.25) is 15.0 Å². The van der Waals surface area contributed by atoms with Gasteiger partial charge in [-0.1, -0.05) is 77.3 Å². The van der Waals surface area contributed by atoms with Crippen LogP contribution in [0.25, 0.3) is 6.08 Å². The van der Waals surface area contributed by atoms with Gasteiger partial charge in [0, 0.05) is 31.8 Å². The number of anilines is 1. The molecule has 2 aromatic rings. The molecule has 3 rings (SSSR count). The van der Waals surface area contributed by atoms with Gasteiger partial charge in [0.25, 0.3) is 11.8 Å². The Bertz CT molecular complexity index is 1050. The Labute approximate surface area is 206 Å². The highest BCUT2D eigenvalue weighted by Gasteiger charge is 2.35. The van der Waals surface area contributed by atoms with Crippen molar-refractivity contribution in [2.45, 2.75) is 15.6 Å². The van der Waals surface area contributed by atoms with Crippen LogP contribution in [-0.4, -0.2) is 45.9 Å². The minimum Gasteiger partial charge on any atom is -0.378 e. The monoisotopic (exact) mass is 512 g/mol. The first-order valence-electron chi connectivity index (χ1n) is 9.54. The van der Waals surface area contributed by atoms with Gasteiger partial charge in [0.05, 0.1) is 0 Å². The van der Waals surface area contributed by atoms with Crippen LogP contribution < -0.4 is 10.3 Å². The molecule has 0 radical (unpaired) electrons. The normalized spacial score (nSPS) is 16.2. The number of hydrogen-bond donors (Lipinski definition) is 1. The second kappa shape index (κ2) is 10.1. The molecule has 6 nitrogen and oxygen atoms in total. The molecule has 0 saturated heterocycles. The van der Waals surface area contributed by atoms with E-state index < -0.39 is 21.0 Å². The first-order chi connectivity index (χ1) is 15.0. The number of alkyl halides is 4. The molecule has 0 unspecified atom stereocenters. The Hall–Kier alpha value is -2.25. The molecule has 0 spiro atoms. The lowest BCUT2D eigenvalue weighted by molar-refractivity contribution is -0.133. The third kappa shape index (κ3) is 6.17. The summed E-state index contributed by atoms with van der Waals surface area (Å²) in [6, 6.07) is 16.6. The molecule has 0 bridgehead atoms. The minimum atomic E-state index is -1.71. The number of carbonyl (C=O) groups is 2. The molecule has 168 valence electrons. The van der Waals surface area contributed by atoms with E-state index in [1.807, 2.05) is 49.3 Å². The van der Waals surface area contributed by atoms with Crippen molar-refractivity contribution in [3.63, 3.8) is 0 Å². The van der Waals surface area contributed by atoms with E-state index in [2.05, 4.69) is 10.4 Å². The Morgan fingerprint density at radius 2 is 1.75 bits per heavy atom. The maximum Gasteiger partial charge on any atom is 0.297 e. The Morgan fingerprint density at radius 3 is 2.31 bits per heavy atom. The fourth-order valence-electron chi connectivity index (χ4n) is 2.90. The molecule has 0 saturated carbocycles. The van der Waals surface area contributed by atoms with E-state index >= 15 is 0 Å². The molecular formula is C22H20Cl4N4O2. The molecular weight excluding hydrogens is 494 g/mol. The number of nitrogens with one attached hydrogen (secondary N) is 1. The van der Waals surface area contributed by atoms with Gasteiger partial charge >= 0.3 is 0 Å². The predicted octanol–water partition coefficient (Wildman–Crippen LogP) is 4.78. The quantitative estimate of drug-likeness (QED) is 0.446. The fourth-order valence-corrected chi connectivity index (χ4v) is 3.88. The van der Waals surface area contributed by atoms with E-state index in [0.717, 1.165) is 16.3 Å². The van der Waals surface area contributed by atoms with Crippen LogP contribution in [0.3, 0.4) is 0 Å². The molecule has 1 aliphatic heterocycles. The van der Waals surface area contributed by atoms with Crippen molar-refractivity contribution in [1.29, 1.82) is 0 Å². The molecule has 32 heavy (non-hydrogen) atoms. The Balaban J connectivity index is 1.90. The summed E-state index contributed by atoms with van der Waals surface area (Å²) in [5.74, 6) is -0.934. The highest BCUT2D eigenvalue weighted by Crippen LogP contribution is 2.33. The van der Waals surface area contributed by atoms with Crippen molar-refractivity contribution in [2.75, 3.05) is 19.0 Å². The summed E-state index contributed by atoms with van der Waals surface area (Å²) in [5, 5.41) is -0.107. The van der Waals surface area contributed by atoms with Crippen molar-refractivity contribution in [1.82, 2.24) is 10.4 Å².